The first kappa shape index (κ1) is 20.0. The van der Waals surface area contributed by atoms with E-state index < -0.39 is 18.4 Å². The summed E-state index contributed by atoms with van der Waals surface area (Å²) in [6, 6.07) is 6.42. The molecule has 0 spiro atoms. The molecule has 0 bridgehead atoms. The van der Waals surface area contributed by atoms with Gasteiger partial charge in [-0.15, -0.1) is 0 Å². The van der Waals surface area contributed by atoms with Gasteiger partial charge in [0.1, 0.15) is 17.9 Å². The molecule has 12 nitrogen and oxygen atoms in total. The fraction of sp³-hybridized carbons (Fsp3) is 0.0625. The summed E-state index contributed by atoms with van der Waals surface area (Å²) in [6.45, 7) is 0. The van der Waals surface area contributed by atoms with Crippen LogP contribution in [0.2, 0.25) is 0 Å². The fourth-order valence-corrected chi connectivity index (χ4v) is 1.93. The van der Waals surface area contributed by atoms with Crippen molar-refractivity contribution in [1.29, 1.82) is 0 Å². The number of hydrogen-bond acceptors (Lipinski definition) is 10. The normalized spacial score (nSPS) is 9.86. The van der Waals surface area contributed by atoms with Crippen molar-refractivity contribution in [3.63, 3.8) is 0 Å². The Balaban J connectivity index is 0.000000345. The first-order valence-corrected chi connectivity index (χ1v) is 7.57. The van der Waals surface area contributed by atoms with E-state index in [1.807, 2.05) is 0 Å². The van der Waals surface area contributed by atoms with E-state index >= 15 is 0 Å². The molecule has 3 rings (SSSR count). The zero-order chi connectivity index (χ0) is 20.7. The molecule has 144 valence electrons. The van der Waals surface area contributed by atoms with Crippen molar-refractivity contribution in [2.45, 2.75) is 6.42 Å². The minimum absolute atomic E-state index is 0.0149. The van der Waals surface area contributed by atoms with E-state index in [4.69, 9.17) is 21.7 Å². The van der Waals surface area contributed by atoms with Gasteiger partial charge in [0.25, 0.3) is 0 Å². The molecule has 3 heterocycles. The van der Waals surface area contributed by atoms with Crippen LogP contribution >= 0.6 is 0 Å². The Kier molecular flexibility index (Phi) is 6.31. The van der Waals surface area contributed by atoms with Crippen LogP contribution in [0.4, 0.5) is 11.9 Å². The Bertz CT molecular complexity index is 1000. The highest BCUT2D eigenvalue weighted by atomic mass is 16.4. The van der Waals surface area contributed by atoms with E-state index in [1.165, 1.54) is 18.5 Å². The first-order chi connectivity index (χ1) is 13.3. The van der Waals surface area contributed by atoms with Gasteiger partial charge in [-0.05, 0) is 24.3 Å². The van der Waals surface area contributed by atoms with E-state index in [1.54, 1.807) is 18.2 Å². The molecule has 3 aromatic rings. The van der Waals surface area contributed by atoms with Crippen LogP contribution in [0.25, 0.3) is 22.8 Å². The second-order valence-electron chi connectivity index (χ2n) is 5.13. The third kappa shape index (κ3) is 5.59. The van der Waals surface area contributed by atoms with Gasteiger partial charge in [-0.25, -0.2) is 24.9 Å². The third-order valence-electron chi connectivity index (χ3n) is 3.03. The highest BCUT2D eigenvalue weighted by Crippen LogP contribution is 2.28. The molecule has 0 aliphatic heterocycles. The average molecular weight is 385 g/mol. The number of carboxylic acid groups (broad SMARTS) is 2. The summed E-state index contributed by atoms with van der Waals surface area (Å²) in [5, 5.41) is 25.4. The number of carbonyl (C=O) groups is 2. The largest absolute Gasteiger partial charge is 0.506 e. The average Bonchev–Trinajstić information content (AvgIpc) is 2.61. The zero-order valence-electron chi connectivity index (χ0n) is 14.2. The maximum atomic E-state index is 9.96. The van der Waals surface area contributed by atoms with Gasteiger partial charge in [0.2, 0.25) is 11.9 Å². The van der Waals surface area contributed by atoms with Crippen LogP contribution in [0.5, 0.6) is 5.75 Å². The molecule has 12 heteroatoms. The van der Waals surface area contributed by atoms with Gasteiger partial charge in [-0.2, -0.15) is 0 Å². The highest BCUT2D eigenvalue weighted by Gasteiger charge is 2.11. The van der Waals surface area contributed by atoms with Crippen LogP contribution in [-0.4, -0.2) is 52.2 Å². The molecule has 0 aromatic carbocycles. The number of aliphatic carboxylic acids is 2. The summed E-state index contributed by atoms with van der Waals surface area (Å²) in [4.78, 5) is 39.0. The number of aromatic hydroxyl groups is 1. The van der Waals surface area contributed by atoms with Gasteiger partial charge in [-0.1, -0.05) is 0 Å². The number of hydrogen-bond donors (Lipinski definition) is 5. The molecule has 0 saturated heterocycles. The molecular weight excluding hydrogens is 370 g/mol. The number of nitrogens with zero attached hydrogens (tertiary/aromatic N) is 5. The smallest absolute Gasteiger partial charge is 0.314 e. The molecule has 28 heavy (non-hydrogen) atoms. The molecule has 0 radical (unpaired) electrons. The number of nitrogen functional groups attached to an aromatic ring is 2. The summed E-state index contributed by atoms with van der Waals surface area (Å²) < 4.78 is 0. The number of rotatable bonds is 4. The van der Waals surface area contributed by atoms with Crippen molar-refractivity contribution < 1.29 is 24.9 Å². The Labute approximate surface area is 157 Å². The molecular formula is C16H15N7O5. The number of carboxylic acids is 2. The topological polar surface area (TPSA) is 211 Å². The fourth-order valence-electron chi connectivity index (χ4n) is 1.93. The zero-order valence-corrected chi connectivity index (χ0v) is 14.2. The lowest BCUT2D eigenvalue weighted by Crippen LogP contribution is -2.03. The Morgan fingerprint density at radius 1 is 0.786 bits per heavy atom. The maximum Gasteiger partial charge on any atom is 0.314 e. The molecule has 0 atom stereocenters. The van der Waals surface area contributed by atoms with Crippen molar-refractivity contribution in [1.82, 2.24) is 24.9 Å². The van der Waals surface area contributed by atoms with Crippen molar-refractivity contribution in [3.05, 3.63) is 36.7 Å². The predicted molar refractivity (Wildman–Crippen MR) is 96.7 cm³/mol. The lowest BCUT2D eigenvalue weighted by molar-refractivity contribution is -0.147. The standard InChI is InChI=1S/C13H11N7O.C3H4O4/c14-12-16-5-3-8(19-12)7-1-2-10(21)11(18-7)9-4-6-17-13(15)20-9;4-2(5)1-3(6)7/h1-6,21H,(H2,14,16,19)(H2,15,17,20);1H2,(H,4,5)(H,6,7). The molecule has 0 fully saturated rings. The maximum absolute atomic E-state index is 9.96. The van der Waals surface area contributed by atoms with Crippen LogP contribution in [0.1, 0.15) is 6.42 Å². The van der Waals surface area contributed by atoms with Crippen molar-refractivity contribution in [3.8, 4) is 28.5 Å². The lowest BCUT2D eigenvalue weighted by atomic mass is 10.2. The molecule has 3 aromatic heterocycles. The predicted octanol–water partition coefficient (Wildman–Crippen LogP) is 0.411. The SMILES string of the molecule is Nc1nccc(-c2ccc(O)c(-c3ccnc(N)n3)n2)n1.O=C(O)CC(=O)O. The summed E-state index contributed by atoms with van der Waals surface area (Å²) in [7, 11) is 0. The number of aromatic nitrogens is 5. The van der Waals surface area contributed by atoms with Crippen LogP contribution in [0.3, 0.4) is 0 Å². The van der Waals surface area contributed by atoms with Gasteiger partial charge < -0.3 is 26.8 Å². The number of anilines is 2. The van der Waals surface area contributed by atoms with E-state index in [0.29, 0.717) is 22.8 Å². The Morgan fingerprint density at radius 3 is 1.79 bits per heavy atom. The molecule has 7 N–H and O–H groups in total. The van der Waals surface area contributed by atoms with Crippen molar-refractivity contribution in [2.75, 3.05) is 11.5 Å². The summed E-state index contributed by atoms with van der Waals surface area (Å²) in [5.41, 5.74) is 12.9. The van der Waals surface area contributed by atoms with Gasteiger partial charge in [0.15, 0.2) is 0 Å². The van der Waals surface area contributed by atoms with Gasteiger partial charge in [-0.3, -0.25) is 9.59 Å². The van der Waals surface area contributed by atoms with Crippen LogP contribution in [-0.2, 0) is 9.59 Å². The van der Waals surface area contributed by atoms with Gasteiger partial charge >= 0.3 is 11.9 Å². The Morgan fingerprint density at radius 2 is 1.29 bits per heavy atom. The van der Waals surface area contributed by atoms with Crippen LogP contribution < -0.4 is 11.5 Å². The summed E-state index contributed by atoms with van der Waals surface area (Å²) in [6.07, 6.45) is 2.22. The molecule has 0 amide bonds. The van der Waals surface area contributed by atoms with Crippen molar-refractivity contribution in [2.24, 2.45) is 0 Å². The molecule has 0 aliphatic carbocycles. The van der Waals surface area contributed by atoms with E-state index in [2.05, 4.69) is 24.9 Å². The minimum Gasteiger partial charge on any atom is -0.506 e. The second kappa shape index (κ2) is 8.84. The molecule has 0 aliphatic rings. The third-order valence-corrected chi connectivity index (χ3v) is 3.03. The minimum atomic E-state index is -1.31. The van der Waals surface area contributed by atoms with Crippen molar-refractivity contribution >= 4 is 23.8 Å². The highest BCUT2D eigenvalue weighted by molar-refractivity contribution is 5.88. The Hall–Kier alpha value is -4.35. The van der Waals surface area contributed by atoms with Crippen LogP contribution in [0, 0.1) is 0 Å². The lowest BCUT2D eigenvalue weighted by Gasteiger charge is -2.06. The van der Waals surface area contributed by atoms with E-state index in [9.17, 15) is 14.7 Å². The van der Waals surface area contributed by atoms with E-state index in [-0.39, 0.29) is 17.6 Å². The molecule has 0 saturated carbocycles. The first-order valence-electron chi connectivity index (χ1n) is 7.57. The summed E-state index contributed by atoms with van der Waals surface area (Å²) in [5.74, 6) is -2.39. The van der Waals surface area contributed by atoms with Gasteiger partial charge in [0.05, 0.1) is 17.1 Å². The summed E-state index contributed by atoms with van der Waals surface area (Å²) >= 11 is 0. The number of pyridine rings is 1. The monoisotopic (exact) mass is 385 g/mol. The van der Waals surface area contributed by atoms with E-state index in [0.717, 1.165) is 0 Å². The second-order valence-corrected chi connectivity index (χ2v) is 5.13. The van der Waals surface area contributed by atoms with Crippen LogP contribution in [0.15, 0.2) is 36.7 Å². The van der Waals surface area contributed by atoms with Gasteiger partial charge in [0, 0.05) is 12.4 Å². The number of nitrogens with two attached hydrogens (primary N) is 2. The quantitative estimate of drug-likeness (QED) is 0.386. The molecule has 0 unspecified atom stereocenters.